The first-order chi connectivity index (χ1) is 7.02. The second-order valence-corrected chi connectivity index (χ2v) is 4.95. The van der Waals surface area contributed by atoms with Crippen LogP contribution in [0.2, 0.25) is 0 Å². The number of hydrogen-bond acceptors (Lipinski definition) is 2. The molecule has 0 spiro atoms. The van der Waals surface area contributed by atoms with Gasteiger partial charge in [-0.3, -0.25) is 9.69 Å². The Kier molecular flexibility index (Phi) is 4.58. The third-order valence-electron chi connectivity index (χ3n) is 3.31. The van der Waals surface area contributed by atoms with Gasteiger partial charge in [-0.05, 0) is 25.7 Å². The summed E-state index contributed by atoms with van der Waals surface area (Å²) in [5.74, 6) is 0.780. The van der Waals surface area contributed by atoms with E-state index < -0.39 is 0 Å². The minimum atomic E-state index is 0.0956. The topological polar surface area (TPSA) is 32.3 Å². The van der Waals surface area contributed by atoms with Gasteiger partial charge in [0.15, 0.2) is 0 Å². The number of rotatable bonds is 3. The third kappa shape index (κ3) is 3.82. The van der Waals surface area contributed by atoms with Crippen LogP contribution in [-0.4, -0.2) is 36.0 Å². The Bertz CT molecular complexity index is 218. The number of nitrogens with zero attached hydrogens (tertiary/aromatic N) is 1. The molecule has 1 heterocycles. The molecule has 0 saturated carbocycles. The van der Waals surface area contributed by atoms with Gasteiger partial charge in [0.2, 0.25) is 5.91 Å². The van der Waals surface area contributed by atoms with Crippen LogP contribution in [0.25, 0.3) is 0 Å². The molecule has 3 heteroatoms. The summed E-state index contributed by atoms with van der Waals surface area (Å²) >= 11 is 0. The monoisotopic (exact) mass is 212 g/mol. The minimum Gasteiger partial charge on any atom is -0.352 e. The van der Waals surface area contributed by atoms with Gasteiger partial charge in [-0.2, -0.15) is 0 Å². The van der Waals surface area contributed by atoms with E-state index in [2.05, 4.69) is 31.0 Å². The van der Waals surface area contributed by atoms with E-state index >= 15 is 0 Å². The van der Waals surface area contributed by atoms with Gasteiger partial charge < -0.3 is 5.32 Å². The first-order valence-corrected chi connectivity index (χ1v) is 6.04. The van der Waals surface area contributed by atoms with Crippen molar-refractivity contribution in [1.82, 2.24) is 10.2 Å². The van der Waals surface area contributed by atoms with E-state index in [1.54, 1.807) is 6.92 Å². The van der Waals surface area contributed by atoms with E-state index in [-0.39, 0.29) is 5.91 Å². The van der Waals surface area contributed by atoms with Gasteiger partial charge in [-0.25, -0.2) is 0 Å². The first kappa shape index (κ1) is 12.5. The summed E-state index contributed by atoms with van der Waals surface area (Å²) in [6.07, 6.45) is 2.30. The largest absolute Gasteiger partial charge is 0.352 e. The number of carbonyl (C=O) groups is 1. The smallest absolute Gasteiger partial charge is 0.217 e. The molecule has 1 aliphatic heterocycles. The fourth-order valence-electron chi connectivity index (χ4n) is 2.40. The molecule has 1 amide bonds. The molecule has 1 N–H and O–H groups in total. The highest BCUT2D eigenvalue weighted by molar-refractivity contribution is 5.73. The standard InChI is InChI=1S/C12H24N2O/c1-5-10(3)14-7-9(2)6-12(8-14)13-11(4)15/h9-10,12H,5-8H2,1-4H3,(H,13,15). The van der Waals surface area contributed by atoms with Crippen molar-refractivity contribution in [3.05, 3.63) is 0 Å². The van der Waals surface area contributed by atoms with Crippen LogP contribution < -0.4 is 5.32 Å². The average molecular weight is 212 g/mol. The van der Waals surface area contributed by atoms with E-state index in [0.29, 0.717) is 18.0 Å². The fourth-order valence-corrected chi connectivity index (χ4v) is 2.40. The summed E-state index contributed by atoms with van der Waals surface area (Å²) in [7, 11) is 0. The van der Waals surface area contributed by atoms with Crippen LogP contribution in [0.1, 0.15) is 40.5 Å². The zero-order valence-electron chi connectivity index (χ0n) is 10.4. The molecule has 88 valence electrons. The van der Waals surface area contributed by atoms with Crippen LogP contribution in [0.5, 0.6) is 0 Å². The van der Waals surface area contributed by atoms with Crippen LogP contribution in [0.3, 0.4) is 0 Å². The zero-order valence-corrected chi connectivity index (χ0v) is 10.4. The number of amides is 1. The lowest BCUT2D eigenvalue weighted by atomic mass is 9.94. The Morgan fingerprint density at radius 1 is 1.53 bits per heavy atom. The Hall–Kier alpha value is -0.570. The number of hydrogen-bond donors (Lipinski definition) is 1. The van der Waals surface area contributed by atoms with Crippen LogP contribution in [0.15, 0.2) is 0 Å². The molecule has 15 heavy (non-hydrogen) atoms. The van der Waals surface area contributed by atoms with Crippen molar-refractivity contribution in [2.45, 2.75) is 52.6 Å². The predicted molar refractivity (Wildman–Crippen MR) is 62.7 cm³/mol. The normalized spacial score (nSPS) is 29.9. The maximum Gasteiger partial charge on any atom is 0.217 e. The lowest BCUT2D eigenvalue weighted by molar-refractivity contribution is -0.120. The average Bonchev–Trinajstić information content (AvgIpc) is 2.14. The van der Waals surface area contributed by atoms with Crippen molar-refractivity contribution in [2.75, 3.05) is 13.1 Å². The highest BCUT2D eigenvalue weighted by atomic mass is 16.1. The third-order valence-corrected chi connectivity index (χ3v) is 3.31. The number of carbonyl (C=O) groups excluding carboxylic acids is 1. The zero-order chi connectivity index (χ0) is 11.4. The molecule has 1 fully saturated rings. The molecule has 0 bridgehead atoms. The first-order valence-electron chi connectivity index (χ1n) is 6.04. The molecular weight excluding hydrogens is 188 g/mol. The Balaban J connectivity index is 2.51. The molecule has 0 aromatic carbocycles. The highest BCUT2D eigenvalue weighted by Crippen LogP contribution is 2.19. The molecule has 0 aromatic heterocycles. The van der Waals surface area contributed by atoms with E-state index in [1.165, 1.54) is 13.0 Å². The molecular formula is C12H24N2O. The SMILES string of the molecule is CCC(C)N1CC(C)CC(NC(C)=O)C1. The Labute approximate surface area is 93.2 Å². The molecule has 1 saturated heterocycles. The summed E-state index contributed by atoms with van der Waals surface area (Å²) in [5.41, 5.74) is 0. The fraction of sp³-hybridized carbons (Fsp3) is 0.917. The van der Waals surface area contributed by atoms with E-state index in [1.807, 2.05) is 0 Å². The summed E-state index contributed by atoms with van der Waals surface area (Å²) in [6.45, 7) is 10.5. The molecule has 1 aliphatic rings. The van der Waals surface area contributed by atoms with Gasteiger partial charge >= 0.3 is 0 Å². The lowest BCUT2D eigenvalue weighted by Crippen LogP contribution is -2.52. The predicted octanol–water partition coefficient (Wildman–Crippen LogP) is 1.63. The maximum atomic E-state index is 11.0. The van der Waals surface area contributed by atoms with Gasteiger partial charge in [0, 0.05) is 32.1 Å². The molecule has 3 nitrogen and oxygen atoms in total. The van der Waals surface area contributed by atoms with Crippen LogP contribution in [0.4, 0.5) is 0 Å². The molecule has 1 rings (SSSR count). The van der Waals surface area contributed by atoms with Crippen molar-refractivity contribution < 1.29 is 4.79 Å². The van der Waals surface area contributed by atoms with E-state index in [9.17, 15) is 4.79 Å². The van der Waals surface area contributed by atoms with Gasteiger partial charge in [-0.15, -0.1) is 0 Å². The van der Waals surface area contributed by atoms with Gasteiger partial charge in [-0.1, -0.05) is 13.8 Å². The highest BCUT2D eigenvalue weighted by Gasteiger charge is 2.27. The van der Waals surface area contributed by atoms with E-state index in [4.69, 9.17) is 0 Å². The number of likely N-dealkylation sites (tertiary alicyclic amines) is 1. The van der Waals surface area contributed by atoms with Gasteiger partial charge in [0.1, 0.15) is 0 Å². The van der Waals surface area contributed by atoms with Crippen molar-refractivity contribution in [3.8, 4) is 0 Å². The summed E-state index contributed by atoms with van der Waals surface area (Å²) in [6, 6.07) is 0.976. The number of piperidine rings is 1. The van der Waals surface area contributed by atoms with Crippen LogP contribution in [-0.2, 0) is 4.79 Å². The van der Waals surface area contributed by atoms with E-state index in [0.717, 1.165) is 13.0 Å². The minimum absolute atomic E-state index is 0.0956. The second-order valence-electron chi connectivity index (χ2n) is 4.95. The van der Waals surface area contributed by atoms with Crippen LogP contribution in [0, 0.1) is 5.92 Å². The number of nitrogens with one attached hydrogen (secondary N) is 1. The van der Waals surface area contributed by atoms with Crippen molar-refractivity contribution in [1.29, 1.82) is 0 Å². The quantitative estimate of drug-likeness (QED) is 0.771. The van der Waals surface area contributed by atoms with Crippen LogP contribution >= 0.6 is 0 Å². The maximum absolute atomic E-state index is 11.0. The van der Waals surface area contributed by atoms with Gasteiger partial charge in [0.05, 0.1) is 0 Å². The molecule has 0 aromatic rings. The summed E-state index contributed by atoms with van der Waals surface area (Å²) < 4.78 is 0. The Morgan fingerprint density at radius 3 is 2.73 bits per heavy atom. The molecule has 3 atom stereocenters. The lowest BCUT2D eigenvalue weighted by Gasteiger charge is -2.39. The van der Waals surface area contributed by atoms with Crippen molar-refractivity contribution in [2.24, 2.45) is 5.92 Å². The molecule has 3 unspecified atom stereocenters. The molecule has 0 radical (unpaired) electrons. The van der Waals surface area contributed by atoms with Crippen molar-refractivity contribution >= 4 is 5.91 Å². The Morgan fingerprint density at radius 2 is 2.20 bits per heavy atom. The summed E-state index contributed by atoms with van der Waals surface area (Å²) in [5, 5.41) is 3.04. The summed E-state index contributed by atoms with van der Waals surface area (Å²) in [4.78, 5) is 13.5. The van der Waals surface area contributed by atoms with Crippen molar-refractivity contribution in [3.63, 3.8) is 0 Å². The second kappa shape index (κ2) is 5.50. The van der Waals surface area contributed by atoms with Gasteiger partial charge in [0.25, 0.3) is 0 Å². The molecule has 0 aliphatic carbocycles.